The average molecular weight is 193 g/mol. The topological polar surface area (TPSA) is 0 Å². The highest BCUT2D eigenvalue weighted by molar-refractivity contribution is 6.24. The third-order valence-corrected chi connectivity index (χ3v) is 3.54. The van der Waals surface area contributed by atoms with Gasteiger partial charge in [-0.1, -0.05) is 13.8 Å². The summed E-state index contributed by atoms with van der Waals surface area (Å²) in [6.45, 7) is 6.14. The van der Waals surface area contributed by atoms with Crippen LogP contribution in [0.15, 0.2) is 0 Å². The van der Waals surface area contributed by atoms with Crippen molar-refractivity contribution in [3.05, 3.63) is 0 Å². The summed E-state index contributed by atoms with van der Waals surface area (Å²) in [5.74, 6) is 1.13. The van der Waals surface area contributed by atoms with Crippen molar-refractivity contribution in [1.29, 1.82) is 0 Å². The van der Waals surface area contributed by atoms with Gasteiger partial charge in [-0.25, -0.2) is 4.39 Å². The van der Waals surface area contributed by atoms with Crippen molar-refractivity contribution in [2.75, 3.05) is 0 Å². The zero-order chi connectivity index (χ0) is 9.35. The number of rotatable bonds is 1. The fourth-order valence-electron chi connectivity index (χ4n) is 1.86. The van der Waals surface area contributed by atoms with E-state index in [0.717, 1.165) is 12.8 Å². The van der Waals surface area contributed by atoms with Crippen LogP contribution in [0.5, 0.6) is 0 Å². The maximum Gasteiger partial charge on any atom is 0.119 e. The van der Waals surface area contributed by atoms with E-state index in [1.807, 2.05) is 6.92 Å². The van der Waals surface area contributed by atoms with Gasteiger partial charge in [0.15, 0.2) is 0 Å². The van der Waals surface area contributed by atoms with E-state index in [1.54, 1.807) is 0 Å². The summed E-state index contributed by atoms with van der Waals surface area (Å²) >= 11 is 6.02. The fourth-order valence-corrected chi connectivity index (χ4v) is 2.06. The molecule has 0 aliphatic heterocycles. The Bertz CT molecular complexity index is 154. The molecule has 0 N–H and O–H groups in total. The first-order valence-electron chi connectivity index (χ1n) is 4.76. The third-order valence-electron chi connectivity index (χ3n) is 3.11. The van der Waals surface area contributed by atoms with Crippen LogP contribution in [-0.2, 0) is 0 Å². The molecular weight excluding hydrogens is 175 g/mol. The van der Waals surface area contributed by atoms with Gasteiger partial charge in [0, 0.05) is 0 Å². The summed E-state index contributed by atoms with van der Waals surface area (Å²) in [4.78, 5) is -0.592. The highest BCUT2D eigenvalue weighted by atomic mass is 35.5. The fraction of sp³-hybridized carbons (Fsp3) is 1.00. The lowest BCUT2D eigenvalue weighted by Gasteiger charge is -2.37. The molecule has 0 spiro atoms. The molecule has 0 bridgehead atoms. The minimum Gasteiger partial charge on any atom is -0.246 e. The molecule has 1 aliphatic rings. The standard InChI is InChI=1S/C10H18ClF/c1-7(2)8-4-5-10(3,11)9(12)6-8/h7-9H,4-6H2,1-3H3. The lowest BCUT2D eigenvalue weighted by atomic mass is 9.76. The van der Waals surface area contributed by atoms with Crippen LogP contribution in [0.2, 0.25) is 0 Å². The zero-order valence-electron chi connectivity index (χ0n) is 8.11. The van der Waals surface area contributed by atoms with E-state index >= 15 is 0 Å². The molecule has 1 rings (SSSR count). The van der Waals surface area contributed by atoms with E-state index in [4.69, 9.17) is 11.6 Å². The van der Waals surface area contributed by atoms with E-state index in [2.05, 4.69) is 13.8 Å². The largest absolute Gasteiger partial charge is 0.246 e. The molecule has 0 aromatic carbocycles. The Labute approximate surface area is 79.5 Å². The van der Waals surface area contributed by atoms with Gasteiger partial charge in [0.2, 0.25) is 0 Å². The van der Waals surface area contributed by atoms with Crippen LogP contribution in [0.3, 0.4) is 0 Å². The monoisotopic (exact) mass is 192 g/mol. The third kappa shape index (κ3) is 2.12. The Morgan fingerprint density at radius 2 is 2.08 bits per heavy atom. The van der Waals surface area contributed by atoms with Crippen molar-refractivity contribution in [2.45, 2.75) is 51.1 Å². The molecule has 3 unspecified atom stereocenters. The van der Waals surface area contributed by atoms with Gasteiger partial charge in [0.05, 0.1) is 4.87 Å². The Morgan fingerprint density at radius 3 is 2.50 bits per heavy atom. The van der Waals surface area contributed by atoms with E-state index in [9.17, 15) is 4.39 Å². The Morgan fingerprint density at radius 1 is 1.50 bits per heavy atom. The van der Waals surface area contributed by atoms with Crippen molar-refractivity contribution < 1.29 is 4.39 Å². The van der Waals surface area contributed by atoms with Gasteiger partial charge in [-0.3, -0.25) is 0 Å². The van der Waals surface area contributed by atoms with Gasteiger partial charge in [0.25, 0.3) is 0 Å². The maximum absolute atomic E-state index is 13.4. The minimum atomic E-state index is -0.819. The van der Waals surface area contributed by atoms with Crippen molar-refractivity contribution in [3.63, 3.8) is 0 Å². The molecule has 12 heavy (non-hydrogen) atoms. The molecule has 0 heterocycles. The van der Waals surface area contributed by atoms with Crippen LogP contribution in [0.4, 0.5) is 4.39 Å². The van der Waals surface area contributed by atoms with Crippen LogP contribution < -0.4 is 0 Å². The average Bonchev–Trinajstić information content (AvgIpc) is 1.94. The molecule has 72 valence electrons. The Balaban J connectivity index is 2.52. The molecule has 0 aromatic heterocycles. The molecule has 0 amide bonds. The highest BCUT2D eigenvalue weighted by Gasteiger charge is 2.39. The number of hydrogen-bond acceptors (Lipinski definition) is 0. The van der Waals surface area contributed by atoms with Crippen molar-refractivity contribution in [1.82, 2.24) is 0 Å². The summed E-state index contributed by atoms with van der Waals surface area (Å²) in [6.07, 6.45) is 1.73. The van der Waals surface area contributed by atoms with E-state index in [-0.39, 0.29) is 0 Å². The molecule has 0 radical (unpaired) electrons. The van der Waals surface area contributed by atoms with Crippen LogP contribution >= 0.6 is 11.6 Å². The predicted molar refractivity (Wildman–Crippen MR) is 51.3 cm³/mol. The molecule has 3 atom stereocenters. The molecule has 2 heteroatoms. The van der Waals surface area contributed by atoms with Gasteiger partial charge in [-0.05, 0) is 38.0 Å². The summed E-state index contributed by atoms with van der Waals surface area (Å²) in [5.41, 5.74) is 0. The molecule has 1 fully saturated rings. The summed E-state index contributed by atoms with van der Waals surface area (Å²) in [7, 11) is 0. The SMILES string of the molecule is CC(C)C1CCC(C)(Cl)C(F)C1. The second-order valence-electron chi connectivity index (χ2n) is 4.52. The molecule has 1 aliphatic carbocycles. The van der Waals surface area contributed by atoms with E-state index in [1.165, 1.54) is 0 Å². The van der Waals surface area contributed by atoms with Gasteiger partial charge in [-0.15, -0.1) is 11.6 Å². The second-order valence-corrected chi connectivity index (χ2v) is 5.39. The van der Waals surface area contributed by atoms with Gasteiger partial charge >= 0.3 is 0 Å². The second kappa shape index (κ2) is 3.53. The van der Waals surface area contributed by atoms with Crippen molar-refractivity contribution in [2.24, 2.45) is 11.8 Å². The molecule has 0 aromatic rings. The van der Waals surface area contributed by atoms with Crippen molar-refractivity contribution >= 4 is 11.6 Å². The quantitative estimate of drug-likeness (QED) is 0.555. The van der Waals surface area contributed by atoms with E-state index < -0.39 is 11.0 Å². The highest BCUT2D eigenvalue weighted by Crippen LogP contribution is 2.41. The minimum absolute atomic E-state index is 0.534. The Kier molecular flexibility index (Phi) is 3.03. The predicted octanol–water partition coefficient (Wildman–Crippen LogP) is 3.78. The van der Waals surface area contributed by atoms with Crippen LogP contribution in [0, 0.1) is 11.8 Å². The lowest BCUT2D eigenvalue weighted by molar-refractivity contribution is 0.131. The molecule has 0 nitrogen and oxygen atoms in total. The lowest BCUT2D eigenvalue weighted by Crippen LogP contribution is -2.38. The summed E-state index contributed by atoms with van der Waals surface area (Å²) in [6, 6.07) is 0. The van der Waals surface area contributed by atoms with Crippen LogP contribution in [-0.4, -0.2) is 11.0 Å². The first kappa shape index (κ1) is 10.3. The first-order valence-corrected chi connectivity index (χ1v) is 5.14. The Hall–Kier alpha value is 0.220. The molecule has 0 saturated heterocycles. The number of halogens is 2. The van der Waals surface area contributed by atoms with E-state index in [0.29, 0.717) is 18.3 Å². The molecule has 1 saturated carbocycles. The number of alkyl halides is 2. The van der Waals surface area contributed by atoms with Gasteiger partial charge in [0.1, 0.15) is 6.17 Å². The van der Waals surface area contributed by atoms with Crippen LogP contribution in [0.1, 0.15) is 40.0 Å². The number of hydrogen-bond donors (Lipinski definition) is 0. The summed E-state index contributed by atoms with van der Waals surface area (Å²) in [5, 5.41) is 0. The summed E-state index contributed by atoms with van der Waals surface area (Å²) < 4.78 is 13.4. The molecular formula is C10H18ClF. The van der Waals surface area contributed by atoms with Crippen LogP contribution in [0.25, 0.3) is 0 Å². The first-order chi connectivity index (χ1) is 5.43. The maximum atomic E-state index is 13.4. The van der Waals surface area contributed by atoms with Gasteiger partial charge < -0.3 is 0 Å². The van der Waals surface area contributed by atoms with Gasteiger partial charge in [-0.2, -0.15) is 0 Å². The normalized spacial score (nSPS) is 43.5. The smallest absolute Gasteiger partial charge is 0.119 e. The zero-order valence-corrected chi connectivity index (χ0v) is 8.87. The van der Waals surface area contributed by atoms with Crippen molar-refractivity contribution in [3.8, 4) is 0 Å².